The van der Waals surface area contributed by atoms with Crippen molar-refractivity contribution in [3.8, 4) is 5.75 Å². The fourth-order valence-corrected chi connectivity index (χ4v) is 1.86. The molecule has 0 aliphatic carbocycles. The Kier molecular flexibility index (Phi) is 3.28. The first-order valence-electron chi connectivity index (χ1n) is 5.72. The largest absolute Gasteiger partial charge is 0.477 e. The van der Waals surface area contributed by atoms with Crippen molar-refractivity contribution in [2.45, 2.75) is 19.4 Å². The van der Waals surface area contributed by atoms with Gasteiger partial charge in [0.2, 0.25) is 0 Å². The molecule has 0 saturated heterocycles. The van der Waals surface area contributed by atoms with Crippen LogP contribution in [0.1, 0.15) is 13.3 Å². The molecule has 1 aliphatic heterocycles. The fraction of sp³-hybridized carbons (Fsp3) is 0.500. The van der Waals surface area contributed by atoms with Crippen LogP contribution >= 0.6 is 0 Å². The van der Waals surface area contributed by atoms with Crippen molar-refractivity contribution >= 4 is 11.7 Å². The summed E-state index contributed by atoms with van der Waals surface area (Å²) in [7, 11) is 1.72. The number of fused-ring (bicyclic) bond motifs is 1. The first kappa shape index (κ1) is 11.9. The fourth-order valence-electron chi connectivity index (χ4n) is 1.86. The zero-order valence-electron chi connectivity index (χ0n) is 10.1. The van der Waals surface area contributed by atoms with Crippen molar-refractivity contribution in [3.63, 3.8) is 0 Å². The molecule has 0 radical (unpaired) electrons. The van der Waals surface area contributed by atoms with Gasteiger partial charge in [-0.3, -0.25) is 9.69 Å². The van der Waals surface area contributed by atoms with Gasteiger partial charge in [-0.2, -0.15) is 0 Å². The maximum atomic E-state index is 12.1. The Morgan fingerprint density at radius 2 is 2.41 bits per heavy atom. The number of hydrogen-bond acceptors (Lipinski definition) is 4. The van der Waals surface area contributed by atoms with Crippen molar-refractivity contribution in [3.05, 3.63) is 18.3 Å². The molecule has 92 valence electrons. The summed E-state index contributed by atoms with van der Waals surface area (Å²) >= 11 is 0. The van der Waals surface area contributed by atoms with Crippen LogP contribution in [-0.2, 0) is 4.79 Å². The SMILES string of the molecule is CC(CN)CC1Oc2cccnc2N(C)C1=O. The highest BCUT2D eigenvalue weighted by Gasteiger charge is 2.33. The lowest BCUT2D eigenvalue weighted by atomic mass is 10.0. The number of pyridine rings is 1. The summed E-state index contributed by atoms with van der Waals surface area (Å²) in [6.45, 7) is 2.56. The number of carbonyl (C=O) groups is 1. The van der Waals surface area contributed by atoms with Gasteiger partial charge < -0.3 is 10.5 Å². The molecule has 0 aromatic carbocycles. The van der Waals surface area contributed by atoms with Crippen LogP contribution in [-0.4, -0.2) is 30.6 Å². The Morgan fingerprint density at radius 1 is 1.65 bits per heavy atom. The number of hydrogen-bond donors (Lipinski definition) is 1. The van der Waals surface area contributed by atoms with Gasteiger partial charge in [0.25, 0.3) is 5.91 Å². The van der Waals surface area contributed by atoms with E-state index >= 15 is 0 Å². The quantitative estimate of drug-likeness (QED) is 0.841. The lowest BCUT2D eigenvalue weighted by molar-refractivity contribution is -0.126. The van der Waals surface area contributed by atoms with Crippen LogP contribution < -0.4 is 15.4 Å². The second-order valence-electron chi connectivity index (χ2n) is 4.41. The first-order chi connectivity index (χ1) is 8.13. The zero-order chi connectivity index (χ0) is 12.4. The second-order valence-corrected chi connectivity index (χ2v) is 4.41. The summed E-state index contributed by atoms with van der Waals surface area (Å²) in [6.07, 6.45) is 1.83. The monoisotopic (exact) mass is 235 g/mol. The molecular weight excluding hydrogens is 218 g/mol. The smallest absolute Gasteiger partial charge is 0.269 e. The molecule has 5 nitrogen and oxygen atoms in total. The number of anilines is 1. The van der Waals surface area contributed by atoms with Crippen LogP contribution in [0.15, 0.2) is 18.3 Å². The average Bonchev–Trinajstić information content (AvgIpc) is 2.35. The van der Waals surface area contributed by atoms with Crippen molar-refractivity contribution < 1.29 is 9.53 Å². The topological polar surface area (TPSA) is 68.5 Å². The molecule has 2 atom stereocenters. The number of rotatable bonds is 3. The van der Waals surface area contributed by atoms with Crippen LogP contribution in [0.2, 0.25) is 0 Å². The van der Waals surface area contributed by atoms with Crippen LogP contribution in [0.5, 0.6) is 5.75 Å². The Labute approximate surface area is 101 Å². The van der Waals surface area contributed by atoms with E-state index in [1.165, 1.54) is 0 Å². The third-order valence-corrected chi connectivity index (χ3v) is 2.96. The number of ether oxygens (including phenoxy) is 1. The number of amides is 1. The van der Waals surface area contributed by atoms with Gasteiger partial charge in [-0.25, -0.2) is 4.98 Å². The molecule has 1 aliphatic rings. The Morgan fingerprint density at radius 3 is 3.12 bits per heavy atom. The number of likely N-dealkylation sites (N-methyl/N-ethyl adjacent to an activating group) is 1. The summed E-state index contributed by atoms with van der Waals surface area (Å²) in [6, 6.07) is 3.62. The van der Waals surface area contributed by atoms with Gasteiger partial charge >= 0.3 is 0 Å². The molecule has 0 saturated carbocycles. The number of carbonyl (C=O) groups excluding carboxylic acids is 1. The van der Waals surface area contributed by atoms with Crippen molar-refractivity contribution in [1.82, 2.24) is 4.98 Å². The van der Waals surface area contributed by atoms with Crippen molar-refractivity contribution in [2.75, 3.05) is 18.5 Å². The third-order valence-electron chi connectivity index (χ3n) is 2.96. The highest BCUT2D eigenvalue weighted by atomic mass is 16.5. The van der Waals surface area contributed by atoms with Crippen LogP contribution in [0.3, 0.4) is 0 Å². The lowest BCUT2D eigenvalue weighted by Crippen LogP contribution is -2.45. The van der Waals surface area contributed by atoms with E-state index in [0.29, 0.717) is 24.5 Å². The maximum absolute atomic E-state index is 12.1. The van der Waals surface area contributed by atoms with E-state index in [1.54, 1.807) is 24.2 Å². The molecule has 2 unspecified atom stereocenters. The van der Waals surface area contributed by atoms with Crippen LogP contribution in [0.25, 0.3) is 0 Å². The molecule has 0 bridgehead atoms. The van der Waals surface area contributed by atoms with Crippen LogP contribution in [0, 0.1) is 5.92 Å². The van der Waals surface area contributed by atoms with Gasteiger partial charge in [0.15, 0.2) is 17.7 Å². The lowest BCUT2D eigenvalue weighted by Gasteiger charge is -2.31. The molecule has 5 heteroatoms. The minimum absolute atomic E-state index is 0.0588. The Bertz CT molecular complexity index is 422. The average molecular weight is 235 g/mol. The van der Waals surface area contributed by atoms with E-state index in [2.05, 4.69) is 4.98 Å². The van der Waals surface area contributed by atoms with Gasteiger partial charge in [-0.1, -0.05) is 6.92 Å². The Balaban J connectivity index is 2.22. The molecule has 2 rings (SSSR count). The second kappa shape index (κ2) is 4.71. The van der Waals surface area contributed by atoms with Gasteiger partial charge in [0.1, 0.15) is 0 Å². The first-order valence-corrected chi connectivity index (χ1v) is 5.72. The van der Waals surface area contributed by atoms with Gasteiger partial charge in [0.05, 0.1) is 0 Å². The number of nitrogens with two attached hydrogens (primary N) is 1. The van der Waals surface area contributed by atoms with Crippen molar-refractivity contribution in [1.29, 1.82) is 0 Å². The van der Waals surface area contributed by atoms with E-state index in [-0.39, 0.29) is 11.8 Å². The third kappa shape index (κ3) is 2.24. The summed E-state index contributed by atoms with van der Waals surface area (Å²) in [5.74, 6) is 1.44. The predicted molar refractivity (Wildman–Crippen MR) is 64.9 cm³/mol. The van der Waals surface area contributed by atoms with E-state index in [9.17, 15) is 4.79 Å². The predicted octanol–water partition coefficient (Wildman–Crippen LogP) is 0.790. The van der Waals surface area contributed by atoms with E-state index in [0.717, 1.165) is 0 Å². The molecule has 17 heavy (non-hydrogen) atoms. The van der Waals surface area contributed by atoms with Crippen molar-refractivity contribution in [2.24, 2.45) is 11.7 Å². The molecule has 0 spiro atoms. The molecule has 0 fully saturated rings. The minimum Gasteiger partial charge on any atom is -0.477 e. The highest BCUT2D eigenvalue weighted by Crippen LogP contribution is 2.31. The molecule has 1 amide bonds. The molecule has 1 aromatic heterocycles. The van der Waals surface area contributed by atoms with E-state index in [1.807, 2.05) is 13.0 Å². The summed E-state index contributed by atoms with van der Waals surface area (Å²) in [5.41, 5.74) is 5.57. The molecule has 2 heterocycles. The molecule has 2 N–H and O–H groups in total. The maximum Gasteiger partial charge on any atom is 0.269 e. The minimum atomic E-state index is -0.449. The number of nitrogens with zero attached hydrogens (tertiary/aromatic N) is 2. The van der Waals surface area contributed by atoms with E-state index < -0.39 is 6.10 Å². The summed E-state index contributed by atoms with van der Waals surface area (Å²) in [4.78, 5) is 17.7. The standard InChI is InChI=1S/C12H17N3O2/c1-8(7-13)6-10-12(16)15(2)11-9(17-10)4-3-5-14-11/h3-5,8,10H,6-7,13H2,1-2H3. The normalized spacial score (nSPS) is 20.8. The van der Waals surface area contributed by atoms with E-state index in [4.69, 9.17) is 10.5 Å². The van der Waals surface area contributed by atoms with Gasteiger partial charge in [0, 0.05) is 13.2 Å². The molecule has 1 aromatic rings. The number of aromatic nitrogens is 1. The Hall–Kier alpha value is -1.62. The van der Waals surface area contributed by atoms with Gasteiger partial charge in [-0.15, -0.1) is 0 Å². The zero-order valence-corrected chi connectivity index (χ0v) is 10.1. The van der Waals surface area contributed by atoms with Crippen LogP contribution in [0.4, 0.5) is 5.82 Å². The summed E-state index contributed by atoms with van der Waals surface area (Å²) in [5, 5.41) is 0. The highest BCUT2D eigenvalue weighted by molar-refractivity contribution is 5.98. The summed E-state index contributed by atoms with van der Waals surface area (Å²) < 4.78 is 5.68. The molecular formula is C12H17N3O2. The van der Waals surface area contributed by atoms with Gasteiger partial charge in [-0.05, 0) is 31.0 Å².